The van der Waals surface area contributed by atoms with Gasteiger partial charge in [0.2, 0.25) is 0 Å². The summed E-state index contributed by atoms with van der Waals surface area (Å²) < 4.78 is 4.96. The standard InChI is InChI=1S/C12H11NO4S/c1-13(5-8-2-3-18-7-8)11(14)10-4-9(6-17-10)12(15)16/h2-4,6-7H,5H2,1H3,(H,15,16). The Balaban J connectivity index is 2.08. The van der Waals surface area contributed by atoms with E-state index in [4.69, 9.17) is 9.52 Å². The van der Waals surface area contributed by atoms with Gasteiger partial charge in [0, 0.05) is 19.7 Å². The fourth-order valence-electron chi connectivity index (χ4n) is 1.48. The van der Waals surface area contributed by atoms with Crippen LogP contribution in [-0.2, 0) is 6.54 Å². The van der Waals surface area contributed by atoms with Crippen LogP contribution < -0.4 is 0 Å². The van der Waals surface area contributed by atoms with E-state index in [2.05, 4.69) is 0 Å². The number of amides is 1. The molecule has 1 N–H and O–H groups in total. The number of carboxylic acid groups (broad SMARTS) is 1. The van der Waals surface area contributed by atoms with Gasteiger partial charge in [0.15, 0.2) is 5.76 Å². The summed E-state index contributed by atoms with van der Waals surface area (Å²) in [7, 11) is 1.64. The molecule has 0 atom stereocenters. The fraction of sp³-hybridized carbons (Fsp3) is 0.167. The van der Waals surface area contributed by atoms with Crippen LogP contribution in [0.4, 0.5) is 0 Å². The molecular weight excluding hydrogens is 254 g/mol. The molecule has 2 rings (SSSR count). The summed E-state index contributed by atoms with van der Waals surface area (Å²) in [4.78, 5) is 24.1. The van der Waals surface area contributed by atoms with Crippen LogP contribution in [0.25, 0.3) is 0 Å². The molecule has 0 saturated carbocycles. The number of hydrogen-bond donors (Lipinski definition) is 1. The minimum atomic E-state index is -1.11. The molecule has 0 fully saturated rings. The third kappa shape index (κ3) is 2.60. The van der Waals surface area contributed by atoms with E-state index in [1.54, 1.807) is 18.4 Å². The summed E-state index contributed by atoms with van der Waals surface area (Å²) in [5, 5.41) is 12.6. The zero-order valence-electron chi connectivity index (χ0n) is 9.62. The second-order valence-corrected chi connectivity index (χ2v) is 4.58. The van der Waals surface area contributed by atoms with Gasteiger partial charge in [-0.2, -0.15) is 11.3 Å². The molecule has 2 heterocycles. The molecule has 0 aromatic carbocycles. The number of carboxylic acids is 1. The number of carbonyl (C=O) groups is 2. The molecule has 0 radical (unpaired) electrons. The van der Waals surface area contributed by atoms with Crippen molar-refractivity contribution in [1.82, 2.24) is 4.90 Å². The molecule has 0 bridgehead atoms. The lowest BCUT2D eigenvalue weighted by molar-refractivity contribution is 0.0695. The Morgan fingerprint density at radius 3 is 2.83 bits per heavy atom. The third-order valence-corrected chi connectivity index (χ3v) is 3.14. The van der Waals surface area contributed by atoms with E-state index < -0.39 is 5.97 Å². The van der Waals surface area contributed by atoms with Crippen molar-refractivity contribution in [2.45, 2.75) is 6.54 Å². The van der Waals surface area contributed by atoms with Gasteiger partial charge < -0.3 is 14.4 Å². The lowest BCUT2D eigenvalue weighted by Gasteiger charge is -2.14. The number of thiophene rings is 1. The topological polar surface area (TPSA) is 70.8 Å². The lowest BCUT2D eigenvalue weighted by atomic mass is 10.2. The van der Waals surface area contributed by atoms with Gasteiger partial charge in [0.1, 0.15) is 6.26 Å². The van der Waals surface area contributed by atoms with Gasteiger partial charge in [-0.15, -0.1) is 0 Å². The summed E-state index contributed by atoms with van der Waals surface area (Å²) >= 11 is 1.56. The highest BCUT2D eigenvalue weighted by Crippen LogP contribution is 2.13. The average molecular weight is 265 g/mol. The number of carbonyl (C=O) groups excluding carboxylic acids is 1. The molecule has 0 aliphatic heterocycles. The van der Waals surface area contributed by atoms with E-state index in [-0.39, 0.29) is 17.2 Å². The van der Waals surface area contributed by atoms with Crippen molar-refractivity contribution < 1.29 is 19.1 Å². The Labute approximate surface area is 107 Å². The van der Waals surface area contributed by atoms with E-state index in [0.717, 1.165) is 11.8 Å². The minimum absolute atomic E-state index is 0.0257. The van der Waals surface area contributed by atoms with E-state index in [0.29, 0.717) is 6.54 Å². The van der Waals surface area contributed by atoms with Gasteiger partial charge in [-0.3, -0.25) is 4.79 Å². The Hall–Kier alpha value is -2.08. The fourth-order valence-corrected chi connectivity index (χ4v) is 2.14. The van der Waals surface area contributed by atoms with Crippen molar-refractivity contribution in [3.63, 3.8) is 0 Å². The first-order valence-electron chi connectivity index (χ1n) is 5.16. The van der Waals surface area contributed by atoms with Gasteiger partial charge in [-0.1, -0.05) is 0 Å². The first-order valence-corrected chi connectivity index (χ1v) is 6.10. The van der Waals surface area contributed by atoms with Crippen LogP contribution in [0.5, 0.6) is 0 Å². The van der Waals surface area contributed by atoms with Crippen molar-refractivity contribution in [1.29, 1.82) is 0 Å². The van der Waals surface area contributed by atoms with Gasteiger partial charge in [0.25, 0.3) is 5.91 Å². The Kier molecular flexibility index (Phi) is 3.47. The van der Waals surface area contributed by atoms with Crippen molar-refractivity contribution in [2.75, 3.05) is 7.05 Å². The first kappa shape index (κ1) is 12.4. The summed E-state index contributed by atoms with van der Waals surface area (Å²) in [6.07, 6.45) is 1.06. The van der Waals surface area contributed by atoms with E-state index in [9.17, 15) is 9.59 Å². The number of aromatic carboxylic acids is 1. The number of nitrogens with zero attached hydrogens (tertiary/aromatic N) is 1. The number of hydrogen-bond acceptors (Lipinski definition) is 4. The van der Waals surface area contributed by atoms with Crippen LogP contribution in [0.2, 0.25) is 0 Å². The maximum absolute atomic E-state index is 11.9. The molecule has 0 unspecified atom stereocenters. The molecule has 0 aliphatic rings. The molecule has 5 nitrogen and oxygen atoms in total. The largest absolute Gasteiger partial charge is 0.478 e. The molecule has 1 amide bonds. The van der Waals surface area contributed by atoms with E-state index in [1.807, 2.05) is 16.8 Å². The van der Waals surface area contributed by atoms with Gasteiger partial charge in [-0.05, 0) is 22.4 Å². The number of furan rings is 1. The maximum Gasteiger partial charge on any atom is 0.338 e. The molecule has 0 aliphatic carbocycles. The lowest BCUT2D eigenvalue weighted by Crippen LogP contribution is -2.25. The normalized spacial score (nSPS) is 10.3. The van der Waals surface area contributed by atoms with Gasteiger partial charge in [0.05, 0.1) is 5.56 Å². The van der Waals surface area contributed by atoms with Crippen LogP contribution in [0.1, 0.15) is 26.5 Å². The smallest absolute Gasteiger partial charge is 0.338 e. The van der Waals surface area contributed by atoms with Crippen molar-refractivity contribution in [3.05, 3.63) is 46.0 Å². The van der Waals surface area contributed by atoms with Crippen molar-refractivity contribution in [2.24, 2.45) is 0 Å². The minimum Gasteiger partial charge on any atom is -0.478 e. The van der Waals surface area contributed by atoms with Crippen molar-refractivity contribution >= 4 is 23.2 Å². The molecule has 0 spiro atoms. The summed E-state index contributed by atoms with van der Waals surface area (Å²) in [6.45, 7) is 0.464. The van der Waals surface area contributed by atoms with Crippen molar-refractivity contribution in [3.8, 4) is 0 Å². The summed E-state index contributed by atoms with van der Waals surface area (Å²) in [5.41, 5.74) is 1.00. The molecule has 6 heteroatoms. The zero-order chi connectivity index (χ0) is 13.1. The van der Waals surface area contributed by atoms with Gasteiger partial charge >= 0.3 is 5.97 Å². The highest BCUT2D eigenvalue weighted by Gasteiger charge is 2.18. The average Bonchev–Trinajstić information content (AvgIpc) is 2.98. The summed E-state index contributed by atoms with van der Waals surface area (Å²) in [5.74, 6) is -1.42. The van der Waals surface area contributed by atoms with Crippen LogP contribution in [0.15, 0.2) is 33.6 Å². The first-order chi connectivity index (χ1) is 8.58. The second-order valence-electron chi connectivity index (χ2n) is 3.80. The van der Waals surface area contributed by atoms with Crippen LogP contribution in [0, 0.1) is 0 Å². The van der Waals surface area contributed by atoms with E-state index >= 15 is 0 Å². The van der Waals surface area contributed by atoms with Crippen LogP contribution in [0.3, 0.4) is 0 Å². The Morgan fingerprint density at radius 1 is 1.50 bits per heavy atom. The van der Waals surface area contributed by atoms with Crippen LogP contribution >= 0.6 is 11.3 Å². The van der Waals surface area contributed by atoms with Gasteiger partial charge in [-0.25, -0.2) is 4.79 Å². The van der Waals surface area contributed by atoms with E-state index in [1.165, 1.54) is 11.0 Å². The maximum atomic E-state index is 11.9. The summed E-state index contributed by atoms with van der Waals surface area (Å²) in [6, 6.07) is 3.16. The molecular formula is C12H11NO4S. The molecule has 0 saturated heterocycles. The molecule has 94 valence electrons. The quantitative estimate of drug-likeness (QED) is 0.920. The SMILES string of the molecule is CN(Cc1ccsc1)C(=O)c1cc(C(=O)O)co1. The predicted molar refractivity (Wildman–Crippen MR) is 65.8 cm³/mol. The van der Waals surface area contributed by atoms with Crippen LogP contribution in [-0.4, -0.2) is 28.9 Å². The monoisotopic (exact) mass is 265 g/mol. The Morgan fingerprint density at radius 2 is 2.28 bits per heavy atom. The highest BCUT2D eigenvalue weighted by molar-refractivity contribution is 7.07. The zero-order valence-corrected chi connectivity index (χ0v) is 10.4. The highest BCUT2D eigenvalue weighted by atomic mass is 32.1. The number of rotatable bonds is 4. The molecule has 2 aromatic rings. The molecule has 18 heavy (non-hydrogen) atoms. The second kappa shape index (κ2) is 5.05. The Bertz CT molecular complexity index is 558. The molecule has 2 aromatic heterocycles. The predicted octanol–water partition coefficient (Wildman–Crippen LogP) is 2.31. The third-order valence-electron chi connectivity index (χ3n) is 2.40.